The lowest BCUT2D eigenvalue weighted by Crippen LogP contribution is -2.58. The Labute approximate surface area is 205 Å². The van der Waals surface area contributed by atoms with Crippen LogP contribution >= 0.6 is 11.6 Å². The third kappa shape index (κ3) is 5.10. The van der Waals surface area contributed by atoms with Gasteiger partial charge >= 0.3 is 0 Å². The van der Waals surface area contributed by atoms with Crippen molar-refractivity contribution in [2.75, 3.05) is 37.6 Å². The van der Waals surface area contributed by atoms with Gasteiger partial charge in [0.1, 0.15) is 24.2 Å². The van der Waals surface area contributed by atoms with E-state index in [2.05, 4.69) is 45.9 Å². The summed E-state index contributed by atoms with van der Waals surface area (Å²) in [6, 6.07) is 4.59. The van der Waals surface area contributed by atoms with E-state index in [1.807, 2.05) is 0 Å². The number of piperazine rings is 1. The number of rotatable bonds is 8. The van der Waals surface area contributed by atoms with Gasteiger partial charge in [-0.15, -0.1) is 0 Å². The zero-order valence-electron chi connectivity index (χ0n) is 19.9. The number of aliphatic hydroxyl groups is 1. The molecule has 0 spiro atoms. The molecule has 0 radical (unpaired) electrons. The molecule has 34 heavy (non-hydrogen) atoms. The standard InChI is InChI=1S/C25H33ClFN5O2/c1-15(2)12-28-24(18(13-33)17-4-5-19(26)20(27)11-17)31-6-8-32(9-7-31)25-22-16(3)10-21(34)23(22)29-14-30-25/h4-5,11,13-16,18,21,24,28,34H,6-10,12H2,1-3H3/t16-,18?,21-,24?/m1/s1. The van der Waals surface area contributed by atoms with Gasteiger partial charge in [0.25, 0.3) is 0 Å². The first-order valence-electron chi connectivity index (χ1n) is 12.0. The molecule has 1 aromatic heterocycles. The summed E-state index contributed by atoms with van der Waals surface area (Å²) in [6.07, 6.45) is 2.30. The van der Waals surface area contributed by atoms with Gasteiger partial charge in [-0.25, -0.2) is 14.4 Å². The number of nitrogens with zero attached hydrogens (tertiary/aromatic N) is 4. The minimum absolute atomic E-state index is 0.0467. The van der Waals surface area contributed by atoms with Gasteiger partial charge in [-0.05, 0) is 42.5 Å². The Morgan fingerprint density at radius 2 is 2.00 bits per heavy atom. The molecule has 2 unspecified atom stereocenters. The lowest BCUT2D eigenvalue weighted by molar-refractivity contribution is -0.111. The lowest BCUT2D eigenvalue weighted by atomic mass is 9.95. The Kier molecular flexibility index (Phi) is 7.82. The minimum Gasteiger partial charge on any atom is -0.387 e. The summed E-state index contributed by atoms with van der Waals surface area (Å²) in [5, 5.41) is 13.9. The van der Waals surface area contributed by atoms with Crippen LogP contribution in [0.3, 0.4) is 0 Å². The van der Waals surface area contributed by atoms with Gasteiger partial charge in [0, 0.05) is 31.7 Å². The number of carbonyl (C=O) groups excluding carboxylic acids is 1. The molecule has 7 nitrogen and oxygen atoms in total. The molecule has 184 valence electrons. The SMILES string of the molecule is CC(C)CNC(C(C=O)c1ccc(Cl)c(F)c1)N1CCN(c2ncnc3c2[C@H](C)C[C@H]3O)CC1. The largest absolute Gasteiger partial charge is 0.387 e. The first-order valence-corrected chi connectivity index (χ1v) is 12.3. The molecule has 0 saturated carbocycles. The number of aromatic nitrogens is 2. The van der Waals surface area contributed by atoms with Gasteiger partial charge in [-0.1, -0.05) is 38.4 Å². The average molecular weight is 490 g/mol. The molecule has 1 aromatic carbocycles. The predicted molar refractivity (Wildman–Crippen MR) is 131 cm³/mol. The third-order valence-electron chi connectivity index (χ3n) is 6.84. The highest BCUT2D eigenvalue weighted by atomic mass is 35.5. The molecule has 4 atom stereocenters. The van der Waals surface area contributed by atoms with Crippen LogP contribution in [0, 0.1) is 11.7 Å². The van der Waals surface area contributed by atoms with E-state index in [-0.39, 0.29) is 17.1 Å². The van der Waals surface area contributed by atoms with Crippen molar-refractivity contribution < 1.29 is 14.3 Å². The molecule has 9 heteroatoms. The first kappa shape index (κ1) is 25.0. The van der Waals surface area contributed by atoms with Gasteiger partial charge < -0.3 is 20.1 Å². The maximum atomic E-state index is 14.2. The topological polar surface area (TPSA) is 81.6 Å². The zero-order valence-corrected chi connectivity index (χ0v) is 20.7. The number of halogens is 2. The second-order valence-electron chi connectivity index (χ2n) is 9.75. The molecular weight excluding hydrogens is 457 g/mol. The second-order valence-corrected chi connectivity index (χ2v) is 10.2. The number of carbonyl (C=O) groups is 1. The fraction of sp³-hybridized carbons (Fsp3) is 0.560. The minimum atomic E-state index is -0.536. The number of benzene rings is 1. The Bertz CT molecular complexity index is 1010. The van der Waals surface area contributed by atoms with Crippen molar-refractivity contribution in [1.82, 2.24) is 20.2 Å². The summed E-state index contributed by atoms with van der Waals surface area (Å²) in [6.45, 7) is 9.96. The van der Waals surface area contributed by atoms with Crippen LogP contribution in [-0.4, -0.2) is 65.2 Å². The molecule has 2 aromatic rings. The van der Waals surface area contributed by atoms with Crippen LogP contribution in [0.5, 0.6) is 0 Å². The Morgan fingerprint density at radius 3 is 2.65 bits per heavy atom. The average Bonchev–Trinajstić information content (AvgIpc) is 3.12. The zero-order chi connectivity index (χ0) is 24.4. The molecule has 2 N–H and O–H groups in total. The smallest absolute Gasteiger partial charge is 0.142 e. The first-order chi connectivity index (χ1) is 16.3. The van der Waals surface area contributed by atoms with Crippen molar-refractivity contribution in [3.05, 3.63) is 52.2 Å². The normalized spacial score (nSPS) is 22.6. The van der Waals surface area contributed by atoms with E-state index >= 15 is 0 Å². The Morgan fingerprint density at radius 1 is 1.26 bits per heavy atom. The fourth-order valence-corrected chi connectivity index (χ4v) is 5.18. The van der Waals surface area contributed by atoms with Crippen LogP contribution < -0.4 is 10.2 Å². The molecular formula is C25H33ClFN5O2. The summed E-state index contributed by atoms with van der Waals surface area (Å²) in [5.41, 5.74) is 2.39. The lowest BCUT2D eigenvalue weighted by Gasteiger charge is -2.42. The van der Waals surface area contributed by atoms with Crippen molar-refractivity contribution in [3.63, 3.8) is 0 Å². The number of fused-ring (bicyclic) bond motifs is 1. The van der Waals surface area contributed by atoms with Crippen molar-refractivity contribution >= 4 is 23.7 Å². The van der Waals surface area contributed by atoms with E-state index in [0.717, 1.165) is 43.0 Å². The number of anilines is 1. The highest BCUT2D eigenvalue weighted by Crippen LogP contribution is 2.42. The summed E-state index contributed by atoms with van der Waals surface area (Å²) < 4.78 is 14.2. The predicted octanol–water partition coefficient (Wildman–Crippen LogP) is 3.49. The second kappa shape index (κ2) is 10.6. The van der Waals surface area contributed by atoms with Crippen LogP contribution in [0.1, 0.15) is 62.0 Å². The molecule has 0 bridgehead atoms. The fourth-order valence-electron chi connectivity index (χ4n) is 5.06. The highest BCUT2D eigenvalue weighted by molar-refractivity contribution is 6.30. The van der Waals surface area contributed by atoms with Crippen LogP contribution in [0.15, 0.2) is 24.5 Å². The van der Waals surface area contributed by atoms with E-state index in [0.29, 0.717) is 31.0 Å². The molecule has 1 fully saturated rings. The van der Waals surface area contributed by atoms with Gasteiger partial charge in [0.2, 0.25) is 0 Å². The summed E-state index contributed by atoms with van der Waals surface area (Å²) in [4.78, 5) is 25.6. The monoisotopic (exact) mass is 489 g/mol. The van der Waals surface area contributed by atoms with Crippen LogP contribution in [0.4, 0.5) is 10.2 Å². The van der Waals surface area contributed by atoms with Gasteiger partial charge in [-0.2, -0.15) is 0 Å². The number of hydrogen-bond donors (Lipinski definition) is 2. The van der Waals surface area contributed by atoms with E-state index < -0.39 is 17.8 Å². The number of aldehydes is 1. The molecule has 1 aliphatic carbocycles. The third-order valence-corrected chi connectivity index (χ3v) is 7.14. The summed E-state index contributed by atoms with van der Waals surface area (Å²) in [5.74, 6) is 0.448. The number of nitrogens with one attached hydrogen (secondary N) is 1. The van der Waals surface area contributed by atoms with Crippen molar-refractivity contribution in [3.8, 4) is 0 Å². The van der Waals surface area contributed by atoms with Gasteiger partial charge in [0.05, 0.1) is 28.9 Å². The van der Waals surface area contributed by atoms with Crippen molar-refractivity contribution in [1.29, 1.82) is 0 Å². The quantitative estimate of drug-likeness (QED) is 0.549. The van der Waals surface area contributed by atoms with Gasteiger partial charge in [-0.3, -0.25) is 4.90 Å². The molecule has 0 amide bonds. The van der Waals surface area contributed by atoms with Gasteiger partial charge in [0.15, 0.2) is 0 Å². The van der Waals surface area contributed by atoms with Crippen LogP contribution in [0.2, 0.25) is 5.02 Å². The van der Waals surface area contributed by atoms with Crippen molar-refractivity contribution in [2.24, 2.45) is 5.92 Å². The highest BCUT2D eigenvalue weighted by Gasteiger charge is 2.35. The Balaban J connectivity index is 1.53. The molecule has 2 aliphatic rings. The summed E-state index contributed by atoms with van der Waals surface area (Å²) >= 11 is 5.87. The van der Waals surface area contributed by atoms with E-state index in [1.165, 1.54) is 18.5 Å². The molecule has 1 saturated heterocycles. The van der Waals surface area contributed by atoms with Crippen LogP contribution in [0.25, 0.3) is 0 Å². The van der Waals surface area contributed by atoms with E-state index in [4.69, 9.17) is 11.6 Å². The number of aliphatic hydroxyl groups excluding tert-OH is 1. The molecule has 2 heterocycles. The Hall–Kier alpha value is -2.13. The van der Waals surface area contributed by atoms with Crippen LogP contribution in [-0.2, 0) is 4.79 Å². The molecule has 4 rings (SSSR count). The van der Waals surface area contributed by atoms with E-state index in [9.17, 15) is 14.3 Å². The van der Waals surface area contributed by atoms with Crippen molar-refractivity contribution in [2.45, 2.75) is 51.3 Å². The maximum Gasteiger partial charge on any atom is 0.142 e. The maximum absolute atomic E-state index is 14.2. The van der Waals surface area contributed by atoms with E-state index in [1.54, 1.807) is 6.07 Å². The summed E-state index contributed by atoms with van der Waals surface area (Å²) in [7, 11) is 0. The number of hydrogen-bond acceptors (Lipinski definition) is 7. The molecule has 1 aliphatic heterocycles.